The van der Waals surface area contributed by atoms with Gasteiger partial charge < -0.3 is 0 Å². The Hall–Kier alpha value is -2.33. The van der Waals surface area contributed by atoms with Crippen molar-refractivity contribution in [2.45, 2.75) is 6.92 Å². The highest BCUT2D eigenvalue weighted by Gasteiger charge is 2.14. The second-order valence-electron chi connectivity index (χ2n) is 2.59. The van der Waals surface area contributed by atoms with Crippen molar-refractivity contribution in [2.75, 3.05) is 0 Å². The van der Waals surface area contributed by atoms with Gasteiger partial charge in [-0.2, -0.15) is 5.26 Å². The summed E-state index contributed by atoms with van der Waals surface area (Å²) in [7, 11) is 0. The van der Waals surface area contributed by atoms with Crippen LogP contribution in [0.5, 0.6) is 0 Å². The Kier molecular flexibility index (Phi) is 2.83. The first kappa shape index (κ1) is 9.76. The van der Waals surface area contributed by atoms with E-state index in [9.17, 15) is 10.1 Å². The van der Waals surface area contributed by atoms with Crippen LogP contribution in [0.2, 0.25) is 0 Å². The lowest BCUT2D eigenvalue weighted by Gasteiger charge is -1.97. The van der Waals surface area contributed by atoms with Gasteiger partial charge in [-0.25, -0.2) is 0 Å². The van der Waals surface area contributed by atoms with Gasteiger partial charge in [-0.05, 0) is 18.9 Å². The molecule has 0 unspecified atom stereocenters. The third-order valence-corrected chi connectivity index (χ3v) is 1.67. The SMILES string of the molecule is Cc1cccc(C#CC#N)c1[N+](=O)[O-]. The number of hydrogen-bond donors (Lipinski definition) is 0. The van der Waals surface area contributed by atoms with Gasteiger partial charge in [-0.3, -0.25) is 10.1 Å². The van der Waals surface area contributed by atoms with E-state index in [1.807, 2.05) is 0 Å². The molecule has 4 nitrogen and oxygen atoms in total. The topological polar surface area (TPSA) is 66.9 Å². The maximum absolute atomic E-state index is 10.7. The number of hydrogen-bond acceptors (Lipinski definition) is 3. The van der Waals surface area contributed by atoms with Crippen LogP contribution in [-0.2, 0) is 0 Å². The highest BCUT2D eigenvalue weighted by atomic mass is 16.6. The summed E-state index contributed by atoms with van der Waals surface area (Å²) < 4.78 is 0. The van der Waals surface area contributed by atoms with Crippen LogP contribution in [0.3, 0.4) is 0 Å². The van der Waals surface area contributed by atoms with E-state index in [4.69, 9.17) is 5.26 Å². The van der Waals surface area contributed by atoms with Gasteiger partial charge in [0.2, 0.25) is 0 Å². The number of para-hydroxylation sites is 1. The van der Waals surface area contributed by atoms with E-state index < -0.39 is 4.92 Å². The molecule has 0 radical (unpaired) electrons. The van der Waals surface area contributed by atoms with E-state index in [0.29, 0.717) is 5.56 Å². The summed E-state index contributed by atoms with van der Waals surface area (Å²) in [6, 6.07) is 6.45. The van der Waals surface area contributed by atoms with E-state index in [1.54, 1.807) is 25.1 Å². The standard InChI is InChI=1S/C10H6N2O2/c1-8-4-2-5-9(6-3-7-11)10(8)12(13)14/h2,4-5H,1H3. The molecule has 0 aliphatic rings. The number of nitro groups is 1. The summed E-state index contributed by atoms with van der Waals surface area (Å²) in [6.45, 7) is 1.63. The molecule has 0 fully saturated rings. The molecule has 0 aliphatic heterocycles. The quantitative estimate of drug-likeness (QED) is 0.381. The van der Waals surface area contributed by atoms with Crippen LogP contribution in [0.15, 0.2) is 18.2 Å². The molecule has 0 spiro atoms. The summed E-state index contributed by atoms with van der Waals surface area (Å²) in [4.78, 5) is 10.2. The fourth-order valence-corrected chi connectivity index (χ4v) is 1.10. The van der Waals surface area contributed by atoms with Gasteiger partial charge in [0.15, 0.2) is 6.07 Å². The summed E-state index contributed by atoms with van der Waals surface area (Å²) in [5.74, 6) is 4.57. The van der Waals surface area contributed by atoms with E-state index in [0.717, 1.165) is 0 Å². The highest BCUT2D eigenvalue weighted by molar-refractivity contribution is 5.56. The Bertz CT molecular complexity index is 475. The summed E-state index contributed by atoms with van der Waals surface area (Å²) in [5.41, 5.74) is 0.784. The Morgan fingerprint density at radius 3 is 2.79 bits per heavy atom. The third kappa shape index (κ3) is 1.88. The second-order valence-corrected chi connectivity index (χ2v) is 2.59. The fourth-order valence-electron chi connectivity index (χ4n) is 1.10. The van der Waals surface area contributed by atoms with Crippen molar-refractivity contribution in [1.29, 1.82) is 5.26 Å². The van der Waals surface area contributed by atoms with Gasteiger partial charge in [0.25, 0.3) is 5.69 Å². The molecule has 0 bridgehead atoms. The largest absolute Gasteiger partial charge is 0.287 e. The molecule has 0 saturated carbocycles. The average molecular weight is 186 g/mol. The number of rotatable bonds is 1. The monoisotopic (exact) mass is 186 g/mol. The number of aryl methyl sites for hydroxylation is 1. The first-order chi connectivity index (χ1) is 6.66. The van der Waals surface area contributed by atoms with Gasteiger partial charge >= 0.3 is 0 Å². The molecular weight excluding hydrogens is 180 g/mol. The first-order valence-corrected chi connectivity index (χ1v) is 3.81. The molecule has 0 atom stereocenters. The zero-order valence-electron chi connectivity index (χ0n) is 7.44. The van der Waals surface area contributed by atoms with Gasteiger partial charge in [0, 0.05) is 11.5 Å². The maximum atomic E-state index is 10.7. The highest BCUT2D eigenvalue weighted by Crippen LogP contribution is 2.21. The normalized spacial score (nSPS) is 8.29. The van der Waals surface area contributed by atoms with E-state index in [1.165, 1.54) is 6.07 Å². The predicted molar refractivity (Wildman–Crippen MR) is 50.3 cm³/mol. The van der Waals surface area contributed by atoms with E-state index in [-0.39, 0.29) is 11.3 Å². The van der Waals surface area contributed by atoms with Crippen LogP contribution in [0.4, 0.5) is 5.69 Å². The van der Waals surface area contributed by atoms with Crippen molar-refractivity contribution in [3.63, 3.8) is 0 Å². The van der Waals surface area contributed by atoms with Crippen LogP contribution in [0.25, 0.3) is 0 Å². The zero-order valence-corrected chi connectivity index (χ0v) is 7.44. The van der Waals surface area contributed by atoms with Gasteiger partial charge in [0.05, 0.1) is 4.92 Å². The molecule has 0 aromatic heterocycles. The Morgan fingerprint density at radius 1 is 1.50 bits per heavy atom. The third-order valence-electron chi connectivity index (χ3n) is 1.67. The lowest BCUT2D eigenvalue weighted by Crippen LogP contribution is -1.94. The molecule has 0 amide bonds. The van der Waals surface area contributed by atoms with Crippen LogP contribution in [0, 0.1) is 40.2 Å². The maximum Gasteiger partial charge on any atom is 0.287 e. The number of nitro benzene ring substituents is 1. The van der Waals surface area contributed by atoms with E-state index in [2.05, 4.69) is 11.8 Å². The molecule has 0 heterocycles. The molecule has 0 saturated heterocycles. The van der Waals surface area contributed by atoms with Crippen LogP contribution < -0.4 is 0 Å². The van der Waals surface area contributed by atoms with Gasteiger partial charge in [-0.15, -0.1) is 0 Å². The van der Waals surface area contributed by atoms with E-state index >= 15 is 0 Å². The summed E-state index contributed by atoms with van der Waals surface area (Å²) >= 11 is 0. The molecule has 0 N–H and O–H groups in total. The lowest BCUT2D eigenvalue weighted by molar-refractivity contribution is -0.385. The minimum Gasteiger partial charge on any atom is -0.258 e. The van der Waals surface area contributed by atoms with Crippen molar-refractivity contribution in [2.24, 2.45) is 0 Å². The van der Waals surface area contributed by atoms with Crippen molar-refractivity contribution < 1.29 is 4.92 Å². The summed E-state index contributed by atoms with van der Waals surface area (Å²) in [6.07, 6.45) is 0. The Balaban J connectivity index is 3.37. The molecule has 4 heteroatoms. The molecular formula is C10H6N2O2. The first-order valence-electron chi connectivity index (χ1n) is 3.81. The van der Waals surface area contributed by atoms with Gasteiger partial charge in [0.1, 0.15) is 5.56 Å². The van der Waals surface area contributed by atoms with Crippen molar-refractivity contribution in [3.05, 3.63) is 39.4 Å². The number of nitriles is 1. The minimum absolute atomic E-state index is 0.0322. The van der Waals surface area contributed by atoms with Crippen molar-refractivity contribution in [3.8, 4) is 17.9 Å². The van der Waals surface area contributed by atoms with Crippen molar-refractivity contribution >= 4 is 5.69 Å². The predicted octanol–water partition coefficient (Wildman–Crippen LogP) is 1.78. The van der Waals surface area contributed by atoms with Crippen molar-refractivity contribution in [1.82, 2.24) is 0 Å². The Labute approximate surface area is 80.9 Å². The lowest BCUT2D eigenvalue weighted by atomic mass is 10.1. The zero-order chi connectivity index (χ0) is 10.6. The average Bonchev–Trinajstić information content (AvgIpc) is 2.14. The number of nitrogens with zero attached hydrogens (tertiary/aromatic N) is 2. The molecule has 1 rings (SSSR count). The van der Waals surface area contributed by atoms with Gasteiger partial charge in [-0.1, -0.05) is 12.1 Å². The van der Waals surface area contributed by atoms with Crippen LogP contribution in [0.1, 0.15) is 11.1 Å². The molecule has 68 valence electrons. The summed E-state index contributed by atoms with van der Waals surface area (Å²) in [5, 5.41) is 18.9. The fraction of sp³-hybridized carbons (Fsp3) is 0.100. The smallest absolute Gasteiger partial charge is 0.258 e. The molecule has 14 heavy (non-hydrogen) atoms. The number of benzene rings is 1. The second kappa shape index (κ2) is 4.06. The Morgan fingerprint density at radius 2 is 2.21 bits per heavy atom. The minimum atomic E-state index is -0.489. The molecule has 0 aliphatic carbocycles. The molecule has 1 aromatic rings. The van der Waals surface area contributed by atoms with Crippen LogP contribution >= 0.6 is 0 Å². The molecule has 1 aromatic carbocycles. The van der Waals surface area contributed by atoms with Crippen LogP contribution in [-0.4, -0.2) is 4.92 Å².